The van der Waals surface area contributed by atoms with Crippen LogP contribution in [0.1, 0.15) is 55.7 Å². The Morgan fingerprint density at radius 2 is 1.79 bits per heavy atom. The number of halogens is 2. The molecule has 222 valence electrons. The number of amides is 1. The monoisotopic (exact) mass is 629 g/mol. The average molecular weight is 631 g/mol. The number of sulfonamides is 1. The van der Waals surface area contributed by atoms with Gasteiger partial charge in [-0.05, 0) is 72.7 Å². The maximum Gasteiger partial charge on any atom is 0.304 e. The molecule has 1 aromatic heterocycles. The van der Waals surface area contributed by atoms with Crippen molar-refractivity contribution >= 4 is 50.9 Å². The Balaban J connectivity index is 1.70. The second-order valence-electron chi connectivity index (χ2n) is 11.6. The molecule has 1 amide bonds. The molecule has 0 radical (unpaired) electrons. The summed E-state index contributed by atoms with van der Waals surface area (Å²) in [6, 6.07) is 18.7. The highest BCUT2D eigenvalue weighted by Gasteiger charge is 2.55. The van der Waals surface area contributed by atoms with Crippen molar-refractivity contribution in [2.75, 3.05) is 17.1 Å². The van der Waals surface area contributed by atoms with Gasteiger partial charge < -0.3 is 10.0 Å². The fourth-order valence-electron chi connectivity index (χ4n) is 6.26. The van der Waals surface area contributed by atoms with Gasteiger partial charge >= 0.3 is 5.97 Å². The Kier molecular flexibility index (Phi) is 8.56. The van der Waals surface area contributed by atoms with Gasteiger partial charge in [0.15, 0.2) is 0 Å². The minimum Gasteiger partial charge on any atom is -0.481 e. The minimum atomic E-state index is -3.78. The van der Waals surface area contributed by atoms with Crippen molar-refractivity contribution in [2.45, 2.75) is 50.6 Å². The van der Waals surface area contributed by atoms with Gasteiger partial charge in [-0.1, -0.05) is 60.5 Å². The maximum atomic E-state index is 14.6. The molecule has 2 unspecified atom stereocenters. The van der Waals surface area contributed by atoms with E-state index in [1.165, 1.54) is 10.5 Å². The molecule has 5 rings (SSSR count). The molecule has 0 spiro atoms. The van der Waals surface area contributed by atoms with Crippen molar-refractivity contribution in [3.05, 3.63) is 94.1 Å². The van der Waals surface area contributed by atoms with Crippen molar-refractivity contribution in [1.82, 2.24) is 9.88 Å². The van der Waals surface area contributed by atoms with Crippen LogP contribution < -0.4 is 4.31 Å². The van der Waals surface area contributed by atoms with Crippen LogP contribution >= 0.6 is 23.2 Å². The highest BCUT2D eigenvalue weighted by Crippen LogP contribution is 2.54. The second kappa shape index (κ2) is 11.9. The Hall–Kier alpha value is -3.14. The summed E-state index contributed by atoms with van der Waals surface area (Å²) in [4.78, 5) is 32.8. The molecule has 1 aliphatic heterocycles. The summed E-state index contributed by atoms with van der Waals surface area (Å²) in [5.41, 5.74) is 0.454. The lowest BCUT2D eigenvalue weighted by atomic mass is 9.67. The fraction of sp³-hybridized carbons (Fsp3) is 0.387. The van der Waals surface area contributed by atoms with Crippen molar-refractivity contribution in [3.63, 3.8) is 0 Å². The lowest BCUT2D eigenvalue weighted by molar-refractivity contribution is -0.160. The number of carbonyl (C=O) groups is 2. The van der Waals surface area contributed by atoms with E-state index in [0.717, 1.165) is 30.2 Å². The third kappa shape index (κ3) is 6.43. The molecule has 2 heterocycles. The smallest absolute Gasteiger partial charge is 0.304 e. The Labute approximate surface area is 256 Å². The summed E-state index contributed by atoms with van der Waals surface area (Å²) >= 11 is 12.7. The number of piperidine rings is 1. The predicted molar refractivity (Wildman–Crippen MR) is 163 cm³/mol. The van der Waals surface area contributed by atoms with Gasteiger partial charge in [0.05, 0.1) is 36.7 Å². The quantitative estimate of drug-likeness (QED) is 0.287. The summed E-state index contributed by atoms with van der Waals surface area (Å²) in [7, 11) is -3.78. The van der Waals surface area contributed by atoms with Gasteiger partial charge in [-0.25, -0.2) is 13.4 Å². The fourth-order valence-corrected chi connectivity index (χ4v) is 7.46. The number of likely N-dealkylation sites (tertiary alicyclic amines) is 1. The summed E-state index contributed by atoms with van der Waals surface area (Å²) in [6.07, 6.45) is 4.21. The molecule has 1 saturated heterocycles. The molecule has 2 aliphatic rings. The molecular formula is C31H33Cl2N3O5S. The predicted octanol–water partition coefficient (Wildman–Crippen LogP) is 6.17. The summed E-state index contributed by atoms with van der Waals surface area (Å²) in [5.74, 6) is -1.42. The van der Waals surface area contributed by atoms with Gasteiger partial charge in [0.2, 0.25) is 15.9 Å². The number of hydrogen-bond acceptors (Lipinski definition) is 5. The van der Waals surface area contributed by atoms with E-state index in [1.54, 1.807) is 48.2 Å². The molecule has 42 heavy (non-hydrogen) atoms. The van der Waals surface area contributed by atoms with Gasteiger partial charge in [0.25, 0.3) is 0 Å². The van der Waals surface area contributed by atoms with Gasteiger partial charge in [0.1, 0.15) is 5.82 Å². The summed E-state index contributed by atoms with van der Waals surface area (Å²) in [6.45, 7) is 1.69. The van der Waals surface area contributed by atoms with Crippen LogP contribution in [0, 0.1) is 11.3 Å². The van der Waals surface area contributed by atoms with Gasteiger partial charge in [0, 0.05) is 22.2 Å². The largest absolute Gasteiger partial charge is 0.481 e. The first-order valence-corrected chi connectivity index (χ1v) is 16.4. The standard InChI is InChI=1S/C31H33Cl2N3O5S/c1-31(18-28(37)38)17-25(22-6-5-7-24(33)16-22)29(21-11-13-23(32)14-12-21)36(30(31)39)26(20-9-10-20)19-35(42(2,40)41)27-8-3-4-15-34-27/h3-8,11-16,20,25-26,29H,9-10,17-19H2,1-2H3,(H,37,38)/t25-,26?,29?,31-/m1/s1. The van der Waals surface area contributed by atoms with Crippen LogP contribution in [-0.2, 0) is 19.6 Å². The number of carboxylic acid groups (broad SMARTS) is 1. The first kappa shape index (κ1) is 30.3. The van der Waals surface area contributed by atoms with Gasteiger partial charge in [-0.3, -0.25) is 13.9 Å². The molecule has 1 saturated carbocycles. The molecule has 0 bridgehead atoms. The minimum absolute atomic E-state index is 0.0121. The highest BCUT2D eigenvalue weighted by molar-refractivity contribution is 7.92. The number of carboxylic acids is 1. The first-order valence-electron chi connectivity index (χ1n) is 13.8. The molecule has 3 aromatic rings. The van der Waals surface area contributed by atoms with Crippen LogP contribution in [0.5, 0.6) is 0 Å². The SMILES string of the molecule is C[C@]1(CC(=O)O)C[C@H](c2cccc(Cl)c2)C(c2ccc(Cl)cc2)N(C(CN(c2ccccn2)S(C)(=O)=O)C2CC2)C1=O. The Morgan fingerprint density at radius 3 is 2.36 bits per heavy atom. The zero-order valence-electron chi connectivity index (χ0n) is 23.4. The number of rotatable bonds is 10. The Bertz CT molecular complexity index is 1570. The van der Waals surface area contributed by atoms with E-state index >= 15 is 0 Å². The lowest BCUT2D eigenvalue weighted by Crippen LogP contribution is -2.59. The van der Waals surface area contributed by atoms with Crippen molar-refractivity contribution in [1.29, 1.82) is 0 Å². The number of carbonyl (C=O) groups excluding carboxylic acids is 1. The van der Waals surface area contributed by atoms with Crippen LogP contribution in [0.4, 0.5) is 5.82 Å². The van der Waals surface area contributed by atoms with Crippen LogP contribution in [-0.4, -0.2) is 54.1 Å². The maximum absolute atomic E-state index is 14.6. The zero-order chi connectivity index (χ0) is 30.2. The topological polar surface area (TPSA) is 108 Å². The summed E-state index contributed by atoms with van der Waals surface area (Å²) < 4.78 is 27.5. The zero-order valence-corrected chi connectivity index (χ0v) is 25.7. The van der Waals surface area contributed by atoms with E-state index in [1.807, 2.05) is 30.3 Å². The number of aliphatic carboxylic acids is 1. The average Bonchev–Trinajstić information content (AvgIpc) is 3.76. The van der Waals surface area contributed by atoms with E-state index in [-0.39, 0.29) is 42.9 Å². The lowest BCUT2D eigenvalue weighted by Gasteiger charge is -2.52. The number of hydrogen-bond donors (Lipinski definition) is 1. The van der Waals surface area contributed by atoms with E-state index in [4.69, 9.17) is 23.2 Å². The first-order chi connectivity index (χ1) is 19.9. The van der Waals surface area contributed by atoms with Crippen LogP contribution in [0.2, 0.25) is 10.0 Å². The third-order valence-electron chi connectivity index (χ3n) is 8.31. The van der Waals surface area contributed by atoms with Crippen LogP contribution in [0.25, 0.3) is 0 Å². The molecule has 1 N–H and O–H groups in total. The summed E-state index contributed by atoms with van der Waals surface area (Å²) in [5, 5.41) is 11.0. The van der Waals surface area contributed by atoms with E-state index in [9.17, 15) is 23.1 Å². The number of aromatic nitrogens is 1. The molecule has 2 fully saturated rings. The van der Waals surface area contributed by atoms with E-state index < -0.39 is 33.5 Å². The number of benzene rings is 2. The second-order valence-corrected chi connectivity index (χ2v) is 14.4. The molecule has 1 aliphatic carbocycles. The van der Waals surface area contributed by atoms with Crippen LogP contribution in [0.15, 0.2) is 72.9 Å². The van der Waals surface area contributed by atoms with E-state index in [0.29, 0.717) is 10.0 Å². The van der Waals surface area contributed by atoms with Crippen molar-refractivity contribution in [3.8, 4) is 0 Å². The molecule has 4 atom stereocenters. The number of nitrogens with zero attached hydrogens (tertiary/aromatic N) is 3. The Morgan fingerprint density at radius 1 is 1.07 bits per heavy atom. The van der Waals surface area contributed by atoms with Gasteiger partial charge in [-0.15, -0.1) is 0 Å². The molecular weight excluding hydrogens is 597 g/mol. The molecule has 2 aromatic carbocycles. The molecule has 8 nitrogen and oxygen atoms in total. The highest BCUT2D eigenvalue weighted by atomic mass is 35.5. The normalized spacial score (nSPS) is 23.4. The van der Waals surface area contributed by atoms with E-state index in [2.05, 4.69) is 4.98 Å². The van der Waals surface area contributed by atoms with Crippen molar-refractivity contribution in [2.24, 2.45) is 11.3 Å². The number of anilines is 1. The molecule has 11 heteroatoms. The number of pyridine rings is 1. The third-order valence-corrected chi connectivity index (χ3v) is 9.94. The van der Waals surface area contributed by atoms with Crippen molar-refractivity contribution < 1.29 is 23.1 Å². The van der Waals surface area contributed by atoms with Crippen LogP contribution in [0.3, 0.4) is 0 Å². The van der Waals surface area contributed by atoms with Gasteiger partial charge in [-0.2, -0.15) is 0 Å².